The van der Waals surface area contributed by atoms with Crippen molar-refractivity contribution >= 4 is 11.8 Å². The lowest BCUT2D eigenvalue weighted by Crippen LogP contribution is -1.94. The number of benzene rings is 4. The van der Waals surface area contributed by atoms with Gasteiger partial charge in [-0.15, -0.1) is 0 Å². The van der Waals surface area contributed by atoms with Gasteiger partial charge in [-0.1, -0.05) is 83.6 Å². The number of hydrogen-bond donors (Lipinski definition) is 0. The zero-order valence-electron chi connectivity index (χ0n) is 19.3. The molecule has 0 heterocycles. The molecule has 0 saturated carbocycles. The van der Waals surface area contributed by atoms with E-state index in [4.69, 9.17) is 0 Å². The second kappa shape index (κ2) is 8.77. The summed E-state index contributed by atoms with van der Waals surface area (Å²) in [5.41, 5.74) is 13.3. The molecular weight excluding hydrogens is 392 g/mol. The van der Waals surface area contributed by atoms with E-state index >= 15 is 0 Å². The van der Waals surface area contributed by atoms with E-state index in [-0.39, 0.29) is 0 Å². The quantitative estimate of drug-likeness (QED) is 0.316. The first-order valence-electron chi connectivity index (χ1n) is 10.9. The maximum absolute atomic E-state index is 2.29. The van der Waals surface area contributed by atoms with Crippen LogP contribution in [0.2, 0.25) is 0 Å². The molecule has 156 valence electrons. The molecule has 31 heavy (non-hydrogen) atoms. The van der Waals surface area contributed by atoms with Gasteiger partial charge in [-0.05, 0) is 98.2 Å². The van der Waals surface area contributed by atoms with Crippen molar-refractivity contribution in [2.45, 2.75) is 51.3 Å². The Morgan fingerprint density at radius 1 is 0.452 bits per heavy atom. The van der Waals surface area contributed by atoms with Gasteiger partial charge >= 0.3 is 0 Å². The van der Waals surface area contributed by atoms with Crippen molar-refractivity contribution < 1.29 is 0 Å². The normalized spacial score (nSPS) is 11.0. The predicted molar refractivity (Wildman–Crippen MR) is 136 cm³/mol. The zero-order chi connectivity index (χ0) is 22.1. The molecule has 1 heteroatoms. The third-order valence-corrected chi connectivity index (χ3v) is 7.04. The Balaban J connectivity index is 1.84. The molecule has 0 fully saturated rings. The number of hydrogen-bond acceptors (Lipinski definition) is 1. The first-order chi connectivity index (χ1) is 14.8. The fourth-order valence-electron chi connectivity index (χ4n) is 4.85. The van der Waals surface area contributed by atoms with Crippen LogP contribution in [0.15, 0.2) is 82.6 Å². The Kier molecular flexibility index (Phi) is 6.07. The average molecular weight is 423 g/mol. The van der Waals surface area contributed by atoms with Crippen molar-refractivity contribution in [2.75, 3.05) is 0 Å². The lowest BCUT2D eigenvalue weighted by Gasteiger charge is -2.18. The molecule has 0 aliphatic heterocycles. The minimum atomic E-state index is 1.30. The summed E-state index contributed by atoms with van der Waals surface area (Å²) >= 11 is 1.87. The highest BCUT2D eigenvalue weighted by atomic mass is 32.2. The molecule has 0 spiro atoms. The first kappa shape index (κ1) is 21.5. The summed E-state index contributed by atoms with van der Waals surface area (Å²) in [5.74, 6) is 0. The molecule has 4 aromatic rings. The summed E-state index contributed by atoms with van der Waals surface area (Å²) < 4.78 is 0. The SMILES string of the molecule is Cc1cc(C)c(-c2ccccc2Sc2ccccc2-c2c(C)cc(C)cc2C)c(C)c1. The fraction of sp³-hybridized carbons (Fsp3) is 0.200. The molecule has 4 aromatic carbocycles. The molecule has 0 aliphatic carbocycles. The van der Waals surface area contributed by atoms with Gasteiger partial charge in [0, 0.05) is 9.79 Å². The van der Waals surface area contributed by atoms with Crippen molar-refractivity contribution in [3.8, 4) is 22.3 Å². The van der Waals surface area contributed by atoms with E-state index in [0.717, 1.165) is 0 Å². The van der Waals surface area contributed by atoms with Crippen LogP contribution in [0.3, 0.4) is 0 Å². The van der Waals surface area contributed by atoms with Crippen LogP contribution in [0.25, 0.3) is 22.3 Å². The second-order valence-electron chi connectivity index (χ2n) is 8.64. The van der Waals surface area contributed by atoms with Crippen LogP contribution in [0.4, 0.5) is 0 Å². The lowest BCUT2D eigenvalue weighted by atomic mass is 9.94. The van der Waals surface area contributed by atoms with Gasteiger partial charge in [0.25, 0.3) is 0 Å². The number of rotatable bonds is 4. The van der Waals surface area contributed by atoms with Crippen molar-refractivity contribution in [3.63, 3.8) is 0 Å². The monoisotopic (exact) mass is 422 g/mol. The Bertz CT molecular complexity index is 1120. The number of aryl methyl sites for hydroxylation is 6. The molecule has 0 aromatic heterocycles. The molecule has 0 atom stereocenters. The van der Waals surface area contributed by atoms with Crippen LogP contribution in [-0.2, 0) is 0 Å². The Hall–Kier alpha value is -2.77. The van der Waals surface area contributed by atoms with E-state index in [1.165, 1.54) is 65.4 Å². The van der Waals surface area contributed by atoms with Crippen molar-refractivity contribution in [2.24, 2.45) is 0 Å². The van der Waals surface area contributed by atoms with Crippen molar-refractivity contribution in [3.05, 3.63) is 106 Å². The topological polar surface area (TPSA) is 0 Å². The largest absolute Gasteiger partial charge is 0.0888 e. The highest BCUT2D eigenvalue weighted by Crippen LogP contribution is 2.43. The average Bonchev–Trinajstić information content (AvgIpc) is 2.69. The van der Waals surface area contributed by atoms with Gasteiger partial charge in [0.1, 0.15) is 0 Å². The van der Waals surface area contributed by atoms with E-state index < -0.39 is 0 Å². The lowest BCUT2D eigenvalue weighted by molar-refractivity contribution is 1.29. The molecule has 0 aliphatic rings. The maximum Gasteiger partial charge on any atom is 0.0201 e. The van der Waals surface area contributed by atoms with Gasteiger partial charge in [-0.3, -0.25) is 0 Å². The Morgan fingerprint density at radius 2 is 0.774 bits per heavy atom. The van der Waals surface area contributed by atoms with Gasteiger partial charge in [0.05, 0.1) is 0 Å². The summed E-state index contributed by atoms with van der Waals surface area (Å²) in [7, 11) is 0. The molecule has 0 unspecified atom stereocenters. The van der Waals surface area contributed by atoms with Crippen LogP contribution in [0, 0.1) is 41.5 Å². The van der Waals surface area contributed by atoms with Crippen LogP contribution in [0.5, 0.6) is 0 Å². The predicted octanol–water partition coefficient (Wildman–Crippen LogP) is 9.02. The molecule has 0 nitrogen and oxygen atoms in total. The molecular formula is C30H30S. The minimum Gasteiger partial charge on any atom is -0.0888 e. The second-order valence-corrected chi connectivity index (χ2v) is 9.73. The summed E-state index contributed by atoms with van der Waals surface area (Å²) in [5, 5.41) is 0. The molecule has 0 amide bonds. The summed E-state index contributed by atoms with van der Waals surface area (Å²) in [6.07, 6.45) is 0. The van der Waals surface area contributed by atoms with Crippen LogP contribution in [0.1, 0.15) is 33.4 Å². The van der Waals surface area contributed by atoms with Crippen LogP contribution >= 0.6 is 11.8 Å². The van der Waals surface area contributed by atoms with Gasteiger partial charge in [0.2, 0.25) is 0 Å². The first-order valence-corrected chi connectivity index (χ1v) is 11.7. The molecule has 4 rings (SSSR count). The third-order valence-electron chi connectivity index (χ3n) is 5.89. The highest BCUT2D eigenvalue weighted by Gasteiger charge is 2.15. The third kappa shape index (κ3) is 4.34. The van der Waals surface area contributed by atoms with E-state index in [9.17, 15) is 0 Å². The van der Waals surface area contributed by atoms with Gasteiger partial charge in [-0.2, -0.15) is 0 Å². The Labute approximate surface area is 191 Å². The standard InChI is InChI=1S/C30H30S/c1-19-15-21(3)29(22(4)16-19)25-11-7-9-13-27(25)31-28-14-10-8-12-26(28)30-23(5)17-20(2)18-24(30)6/h7-18H,1-6H3. The smallest absolute Gasteiger partial charge is 0.0201 e. The van der Waals surface area contributed by atoms with Crippen molar-refractivity contribution in [1.29, 1.82) is 0 Å². The van der Waals surface area contributed by atoms with E-state index in [1.54, 1.807) is 0 Å². The summed E-state index contributed by atoms with van der Waals surface area (Å²) in [6.45, 7) is 13.3. The summed E-state index contributed by atoms with van der Waals surface area (Å²) in [6, 6.07) is 26.8. The summed E-state index contributed by atoms with van der Waals surface area (Å²) in [4.78, 5) is 2.60. The molecule has 0 bridgehead atoms. The molecule has 0 saturated heterocycles. The van der Waals surface area contributed by atoms with Crippen LogP contribution < -0.4 is 0 Å². The van der Waals surface area contributed by atoms with E-state index in [1.807, 2.05) is 11.8 Å². The highest BCUT2D eigenvalue weighted by molar-refractivity contribution is 7.99. The molecule has 0 N–H and O–H groups in total. The van der Waals surface area contributed by atoms with E-state index in [0.29, 0.717) is 0 Å². The Morgan fingerprint density at radius 3 is 1.13 bits per heavy atom. The maximum atomic E-state index is 2.29. The van der Waals surface area contributed by atoms with Crippen molar-refractivity contribution in [1.82, 2.24) is 0 Å². The van der Waals surface area contributed by atoms with E-state index in [2.05, 4.69) is 114 Å². The fourth-order valence-corrected chi connectivity index (χ4v) is 5.94. The van der Waals surface area contributed by atoms with Crippen LogP contribution in [-0.4, -0.2) is 0 Å². The van der Waals surface area contributed by atoms with Gasteiger partial charge in [0.15, 0.2) is 0 Å². The zero-order valence-corrected chi connectivity index (χ0v) is 20.2. The van der Waals surface area contributed by atoms with Gasteiger partial charge in [-0.25, -0.2) is 0 Å². The van der Waals surface area contributed by atoms with Gasteiger partial charge < -0.3 is 0 Å². The minimum absolute atomic E-state index is 1.30. The molecule has 0 radical (unpaired) electrons.